The molecule has 0 atom stereocenters. The summed E-state index contributed by atoms with van der Waals surface area (Å²) in [7, 11) is 1.76. The summed E-state index contributed by atoms with van der Waals surface area (Å²) in [5.74, 6) is 0.710. The molecule has 0 radical (unpaired) electrons. The molecule has 1 aromatic carbocycles. The van der Waals surface area contributed by atoms with E-state index in [-0.39, 0.29) is 5.56 Å². The Morgan fingerprint density at radius 1 is 1.33 bits per heavy atom. The monoisotopic (exact) mass is 223 g/mol. The Kier molecular flexibility index (Phi) is 2.51. The fourth-order valence-electron chi connectivity index (χ4n) is 1.28. The van der Waals surface area contributed by atoms with Crippen LogP contribution >= 0.6 is 11.6 Å². The third-order valence-electron chi connectivity index (χ3n) is 2.02. The van der Waals surface area contributed by atoms with E-state index in [0.717, 1.165) is 5.69 Å². The zero-order valence-corrected chi connectivity index (χ0v) is 8.88. The van der Waals surface area contributed by atoms with Crippen molar-refractivity contribution in [2.45, 2.75) is 0 Å². The summed E-state index contributed by atoms with van der Waals surface area (Å²) in [5, 5.41) is 6.39. The van der Waals surface area contributed by atoms with Crippen molar-refractivity contribution >= 4 is 23.1 Å². The van der Waals surface area contributed by atoms with Crippen molar-refractivity contribution in [1.82, 2.24) is 9.78 Å². The number of hydrogen-bond acceptors (Lipinski definition) is 2. The van der Waals surface area contributed by atoms with Gasteiger partial charge in [-0.05, 0) is 24.3 Å². The average Bonchev–Trinajstić information content (AvgIpc) is 2.49. The van der Waals surface area contributed by atoms with Gasteiger partial charge in [-0.3, -0.25) is 14.6 Å². The van der Waals surface area contributed by atoms with Crippen LogP contribution in [0.15, 0.2) is 35.1 Å². The van der Waals surface area contributed by atoms with Crippen LogP contribution < -0.4 is 10.9 Å². The summed E-state index contributed by atoms with van der Waals surface area (Å²) in [6.45, 7) is 0. The highest BCUT2D eigenvalue weighted by atomic mass is 35.5. The standard InChI is InChI=1S/C10H10ClN3O/c1-14-9(6-10(15)13-14)12-8-4-2-7(11)3-5-8/h2-6,12H,1H3,(H,13,15). The lowest BCUT2D eigenvalue weighted by Gasteiger charge is -2.05. The molecule has 1 aromatic heterocycles. The molecule has 0 amide bonds. The lowest BCUT2D eigenvalue weighted by atomic mass is 10.3. The minimum atomic E-state index is -0.131. The van der Waals surface area contributed by atoms with Gasteiger partial charge >= 0.3 is 0 Å². The fraction of sp³-hybridized carbons (Fsp3) is 0.100. The van der Waals surface area contributed by atoms with Crippen LogP contribution in [0.3, 0.4) is 0 Å². The molecular formula is C10H10ClN3O. The SMILES string of the molecule is Cn1[nH]c(=O)cc1Nc1ccc(Cl)cc1. The molecule has 4 nitrogen and oxygen atoms in total. The molecule has 0 saturated carbocycles. The normalized spacial score (nSPS) is 10.3. The molecule has 2 aromatic rings. The molecule has 0 aliphatic rings. The van der Waals surface area contributed by atoms with Gasteiger partial charge in [0.2, 0.25) is 0 Å². The number of aromatic nitrogens is 2. The molecule has 0 bridgehead atoms. The van der Waals surface area contributed by atoms with Gasteiger partial charge in [0.1, 0.15) is 5.82 Å². The zero-order valence-electron chi connectivity index (χ0n) is 8.12. The maximum Gasteiger partial charge on any atom is 0.266 e. The van der Waals surface area contributed by atoms with E-state index in [2.05, 4.69) is 10.4 Å². The highest BCUT2D eigenvalue weighted by molar-refractivity contribution is 6.30. The number of hydrogen-bond donors (Lipinski definition) is 2. The second-order valence-electron chi connectivity index (χ2n) is 3.20. The number of rotatable bonds is 2. The van der Waals surface area contributed by atoms with E-state index in [1.807, 2.05) is 12.1 Å². The molecule has 0 unspecified atom stereocenters. The first-order valence-electron chi connectivity index (χ1n) is 4.44. The maximum absolute atomic E-state index is 11.0. The lowest BCUT2D eigenvalue weighted by Crippen LogP contribution is -2.02. The first-order chi connectivity index (χ1) is 7.15. The van der Waals surface area contributed by atoms with Crippen LogP contribution in [-0.2, 0) is 7.05 Å². The molecule has 2 rings (SSSR count). The van der Waals surface area contributed by atoms with Gasteiger partial charge in [0.05, 0.1) is 0 Å². The highest BCUT2D eigenvalue weighted by Crippen LogP contribution is 2.17. The average molecular weight is 224 g/mol. The van der Waals surface area contributed by atoms with E-state index in [0.29, 0.717) is 10.8 Å². The molecule has 78 valence electrons. The molecule has 15 heavy (non-hydrogen) atoms. The Morgan fingerprint density at radius 3 is 2.53 bits per heavy atom. The molecule has 0 aliphatic carbocycles. The van der Waals surface area contributed by atoms with E-state index < -0.39 is 0 Å². The van der Waals surface area contributed by atoms with Gasteiger partial charge in [-0.1, -0.05) is 11.6 Å². The Labute approximate surface area is 91.5 Å². The minimum absolute atomic E-state index is 0.131. The van der Waals surface area contributed by atoms with Crippen LogP contribution in [0.4, 0.5) is 11.5 Å². The molecule has 5 heteroatoms. The summed E-state index contributed by atoms with van der Waals surface area (Å²) in [6.07, 6.45) is 0. The molecule has 0 spiro atoms. The first-order valence-corrected chi connectivity index (χ1v) is 4.81. The van der Waals surface area contributed by atoms with Crippen molar-refractivity contribution in [2.24, 2.45) is 7.05 Å². The predicted octanol–water partition coefficient (Wildman–Crippen LogP) is 2.11. The topological polar surface area (TPSA) is 49.8 Å². The smallest absolute Gasteiger partial charge is 0.266 e. The number of nitrogens with zero attached hydrogens (tertiary/aromatic N) is 1. The molecular weight excluding hydrogens is 214 g/mol. The molecule has 0 aliphatic heterocycles. The van der Waals surface area contributed by atoms with Crippen LogP contribution in [0.25, 0.3) is 0 Å². The second-order valence-corrected chi connectivity index (χ2v) is 3.63. The molecule has 0 saturated heterocycles. The third-order valence-corrected chi connectivity index (χ3v) is 2.28. The van der Waals surface area contributed by atoms with E-state index in [1.165, 1.54) is 6.07 Å². The van der Waals surface area contributed by atoms with Gasteiger partial charge in [0, 0.05) is 23.8 Å². The second kappa shape index (κ2) is 3.82. The molecule has 0 fully saturated rings. The number of aromatic amines is 1. The van der Waals surface area contributed by atoms with Crippen LogP contribution in [0.1, 0.15) is 0 Å². The van der Waals surface area contributed by atoms with Crippen LogP contribution in [0.2, 0.25) is 5.02 Å². The van der Waals surface area contributed by atoms with Crippen molar-refractivity contribution in [3.8, 4) is 0 Å². The van der Waals surface area contributed by atoms with Gasteiger partial charge in [-0.2, -0.15) is 0 Å². The van der Waals surface area contributed by atoms with Crippen molar-refractivity contribution in [1.29, 1.82) is 0 Å². The fourth-order valence-corrected chi connectivity index (χ4v) is 1.41. The van der Waals surface area contributed by atoms with Crippen molar-refractivity contribution in [3.63, 3.8) is 0 Å². The van der Waals surface area contributed by atoms with Gasteiger partial charge in [-0.15, -0.1) is 0 Å². The summed E-state index contributed by atoms with van der Waals surface area (Å²) < 4.78 is 1.62. The van der Waals surface area contributed by atoms with Crippen molar-refractivity contribution in [2.75, 3.05) is 5.32 Å². The molecule has 1 heterocycles. The van der Waals surface area contributed by atoms with E-state index >= 15 is 0 Å². The Balaban J connectivity index is 2.25. The number of aryl methyl sites for hydroxylation is 1. The Morgan fingerprint density at radius 2 is 2.00 bits per heavy atom. The van der Waals surface area contributed by atoms with Gasteiger partial charge in [0.15, 0.2) is 0 Å². The number of halogens is 1. The quantitative estimate of drug-likeness (QED) is 0.819. The zero-order chi connectivity index (χ0) is 10.8. The van der Waals surface area contributed by atoms with E-state index in [4.69, 9.17) is 11.6 Å². The maximum atomic E-state index is 11.0. The minimum Gasteiger partial charge on any atom is -0.340 e. The largest absolute Gasteiger partial charge is 0.340 e. The van der Waals surface area contributed by atoms with Gasteiger partial charge < -0.3 is 5.32 Å². The highest BCUT2D eigenvalue weighted by Gasteiger charge is 2.00. The molecule has 2 N–H and O–H groups in total. The first kappa shape index (κ1) is 9.86. The van der Waals surface area contributed by atoms with Gasteiger partial charge in [0.25, 0.3) is 5.56 Å². The lowest BCUT2D eigenvalue weighted by molar-refractivity contribution is 0.765. The Hall–Kier alpha value is -1.68. The van der Waals surface area contributed by atoms with Crippen LogP contribution in [-0.4, -0.2) is 9.78 Å². The number of nitrogens with one attached hydrogen (secondary N) is 2. The van der Waals surface area contributed by atoms with E-state index in [1.54, 1.807) is 23.9 Å². The Bertz CT molecular complexity index is 512. The summed E-state index contributed by atoms with van der Waals surface area (Å²) in [4.78, 5) is 11.0. The number of H-pyrrole nitrogens is 1. The van der Waals surface area contributed by atoms with Gasteiger partial charge in [-0.25, -0.2) is 0 Å². The number of benzene rings is 1. The predicted molar refractivity (Wildman–Crippen MR) is 60.8 cm³/mol. The van der Waals surface area contributed by atoms with E-state index in [9.17, 15) is 4.79 Å². The van der Waals surface area contributed by atoms with Crippen molar-refractivity contribution in [3.05, 3.63) is 45.7 Å². The summed E-state index contributed by atoms with van der Waals surface area (Å²) >= 11 is 5.76. The van der Waals surface area contributed by atoms with Crippen LogP contribution in [0.5, 0.6) is 0 Å². The summed E-state index contributed by atoms with van der Waals surface area (Å²) in [6, 6.07) is 8.76. The van der Waals surface area contributed by atoms with Crippen molar-refractivity contribution < 1.29 is 0 Å². The summed E-state index contributed by atoms with van der Waals surface area (Å²) in [5.41, 5.74) is 0.753. The van der Waals surface area contributed by atoms with Crippen LogP contribution in [0, 0.1) is 0 Å². The number of anilines is 2. The third kappa shape index (κ3) is 2.22.